The highest BCUT2D eigenvalue weighted by atomic mass is 16.2. The summed E-state index contributed by atoms with van der Waals surface area (Å²) in [5.74, 6) is -0.298. The largest absolute Gasteiger partial charge is 0.275 e. The number of hydrazone groups is 1. The van der Waals surface area contributed by atoms with E-state index >= 15 is 0 Å². The van der Waals surface area contributed by atoms with E-state index in [9.17, 15) is 4.79 Å². The summed E-state index contributed by atoms with van der Waals surface area (Å²) >= 11 is 0. The molecule has 1 heterocycles. The van der Waals surface area contributed by atoms with Crippen molar-refractivity contribution >= 4 is 17.7 Å². The zero-order chi connectivity index (χ0) is 17.5. The summed E-state index contributed by atoms with van der Waals surface area (Å²) in [6, 6.07) is 19.5. The van der Waals surface area contributed by atoms with Gasteiger partial charge >= 0.3 is 0 Å². The van der Waals surface area contributed by atoms with Crippen LogP contribution in [0.1, 0.15) is 16.7 Å². The molecule has 1 aromatic heterocycles. The molecule has 0 spiro atoms. The van der Waals surface area contributed by atoms with Gasteiger partial charge in [-0.05, 0) is 6.08 Å². The molecule has 0 aliphatic rings. The van der Waals surface area contributed by atoms with Crippen LogP contribution in [0.4, 0.5) is 0 Å². The van der Waals surface area contributed by atoms with Crippen LogP contribution in [0.15, 0.2) is 84.2 Å². The number of hydrogen-bond acceptors (Lipinski definition) is 3. The molecule has 3 rings (SSSR count). The van der Waals surface area contributed by atoms with Gasteiger partial charge < -0.3 is 0 Å². The molecule has 2 aromatic carbocycles. The number of benzene rings is 2. The fraction of sp³-hybridized carbons (Fsp3) is 0.0500. The monoisotopic (exact) mass is 330 g/mol. The highest BCUT2D eigenvalue weighted by Crippen LogP contribution is 2.10. The number of nitrogens with zero attached hydrogens (tertiary/aromatic N) is 3. The lowest BCUT2D eigenvalue weighted by Gasteiger charge is -2.07. The second kappa shape index (κ2) is 7.88. The van der Waals surface area contributed by atoms with Crippen LogP contribution in [0.25, 0.3) is 6.08 Å². The van der Waals surface area contributed by atoms with Crippen LogP contribution < -0.4 is 5.43 Å². The lowest BCUT2D eigenvalue weighted by molar-refractivity contribution is -0.116. The van der Waals surface area contributed by atoms with E-state index in [0.29, 0.717) is 5.71 Å². The SMILES string of the molecule is Cn1cc(C=CC(=O)NN=C(c2ccccc2)c2ccccc2)cn1. The van der Waals surface area contributed by atoms with Gasteiger partial charge in [-0.1, -0.05) is 60.7 Å². The van der Waals surface area contributed by atoms with Crippen molar-refractivity contribution in [2.24, 2.45) is 12.1 Å². The molecule has 0 bridgehead atoms. The summed E-state index contributed by atoms with van der Waals surface area (Å²) in [6.45, 7) is 0. The van der Waals surface area contributed by atoms with Crippen molar-refractivity contribution in [3.63, 3.8) is 0 Å². The maximum atomic E-state index is 12.1. The van der Waals surface area contributed by atoms with Crippen molar-refractivity contribution in [3.05, 3.63) is 95.8 Å². The quantitative estimate of drug-likeness (QED) is 0.444. The third kappa shape index (κ3) is 4.51. The minimum Gasteiger partial charge on any atom is -0.275 e. The van der Waals surface area contributed by atoms with E-state index in [0.717, 1.165) is 16.7 Å². The number of hydrogen-bond donors (Lipinski definition) is 1. The normalized spacial score (nSPS) is 10.6. The lowest BCUT2D eigenvalue weighted by Crippen LogP contribution is -2.18. The Morgan fingerprint density at radius 1 is 1.04 bits per heavy atom. The Balaban J connectivity index is 1.79. The van der Waals surface area contributed by atoms with E-state index in [1.165, 1.54) is 6.08 Å². The Morgan fingerprint density at radius 3 is 2.16 bits per heavy atom. The molecule has 5 heteroatoms. The molecule has 0 saturated heterocycles. The van der Waals surface area contributed by atoms with E-state index < -0.39 is 0 Å². The van der Waals surface area contributed by atoms with Crippen LogP contribution in [0.5, 0.6) is 0 Å². The van der Waals surface area contributed by atoms with E-state index in [-0.39, 0.29) is 5.91 Å². The summed E-state index contributed by atoms with van der Waals surface area (Å²) in [5.41, 5.74) is 6.03. The average molecular weight is 330 g/mol. The number of rotatable bonds is 5. The Kier molecular flexibility index (Phi) is 5.16. The first-order chi connectivity index (χ1) is 12.2. The van der Waals surface area contributed by atoms with Gasteiger partial charge in [-0.25, -0.2) is 5.43 Å². The second-order valence-corrected chi connectivity index (χ2v) is 5.45. The number of aromatic nitrogens is 2. The number of carbonyl (C=O) groups excluding carboxylic acids is 1. The molecular weight excluding hydrogens is 312 g/mol. The van der Waals surface area contributed by atoms with Crippen LogP contribution in [0, 0.1) is 0 Å². The van der Waals surface area contributed by atoms with Gasteiger partial charge in [0.2, 0.25) is 0 Å². The van der Waals surface area contributed by atoms with Gasteiger partial charge in [-0.2, -0.15) is 10.2 Å². The fourth-order valence-corrected chi connectivity index (χ4v) is 2.33. The summed E-state index contributed by atoms with van der Waals surface area (Å²) in [4.78, 5) is 12.1. The third-order valence-electron chi connectivity index (χ3n) is 3.52. The molecule has 0 atom stereocenters. The first kappa shape index (κ1) is 16.4. The Morgan fingerprint density at radius 2 is 1.64 bits per heavy atom. The maximum Gasteiger partial charge on any atom is 0.264 e. The van der Waals surface area contributed by atoms with Crippen molar-refractivity contribution in [2.75, 3.05) is 0 Å². The molecule has 0 aliphatic heterocycles. The van der Waals surface area contributed by atoms with Crippen molar-refractivity contribution in [1.82, 2.24) is 15.2 Å². The van der Waals surface area contributed by atoms with Gasteiger partial charge in [-0.15, -0.1) is 0 Å². The second-order valence-electron chi connectivity index (χ2n) is 5.45. The van der Waals surface area contributed by atoms with Crippen LogP contribution in [-0.2, 0) is 11.8 Å². The minimum absolute atomic E-state index is 0.298. The molecule has 5 nitrogen and oxygen atoms in total. The van der Waals surface area contributed by atoms with Gasteiger partial charge in [0.25, 0.3) is 5.91 Å². The Bertz CT molecular complexity index is 854. The summed E-state index contributed by atoms with van der Waals surface area (Å²) < 4.78 is 1.68. The Labute approximate surface area is 146 Å². The van der Waals surface area contributed by atoms with Crippen molar-refractivity contribution in [1.29, 1.82) is 0 Å². The molecule has 0 radical (unpaired) electrons. The highest BCUT2D eigenvalue weighted by Gasteiger charge is 2.07. The molecule has 124 valence electrons. The van der Waals surface area contributed by atoms with Crippen molar-refractivity contribution < 1.29 is 4.79 Å². The van der Waals surface area contributed by atoms with Crippen LogP contribution in [0.3, 0.4) is 0 Å². The van der Waals surface area contributed by atoms with Crippen LogP contribution >= 0.6 is 0 Å². The van der Waals surface area contributed by atoms with E-state index in [1.54, 1.807) is 17.0 Å². The molecule has 3 aromatic rings. The summed E-state index contributed by atoms with van der Waals surface area (Å²) in [7, 11) is 1.83. The first-order valence-electron chi connectivity index (χ1n) is 7.87. The molecule has 25 heavy (non-hydrogen) atoms. The third-order valence-corrected chi connectivity index (χ3v) is 3.52. The standard InChI is InChI=1S/C20H18N4O/c1-24-15-16(14-21-24)12-13-19(25)22-23-20(17-8-4-2-5-9-17)18-10-6-3-7-11-18/h2-15H,1H3,(H,22,25). The fourth-order valence-electron chi connectivity index (χ4n) is 2.33. The van der Waals surface area contributed by atoms with E-state index in [1.807, 2.05) is 73.9 Å². The first-order valence-corrected chi connectivity index (χ1v) is 7.87. The smallest absolute Gasteiger partial charge is 0.264 e. The van der Waals surface area contributed by atoms with Gasteiger partial charge in [0, 0.05) is 36.0 Å². The number of aryl methyl sites for hydroxylation is 1. The topological polar surface area (TPSA) is 59.3 Å². The molecular formula is C20H18N4O. The minimum atomic E-state index is -0.298. The zero-order valence-electron chi connectivity index (χ0n) is 13.8. The van der Waals surface area contributed by atoms with Crippen LogP contribution in [0.2, 0.25) is 0 Å². The predicted octanol–water partition coefficient (Wildman–Crippen LogP) is 3.00. The summed E-state index contributed by atoms with van der Waals surface area (Å²) in [5, 5.41) is 8.38. The van der Waals surface area contributed by atoms with Gasteiger partial charge in [0.05, 0.1) is 11.9 Å². The Hall–Kier alpha value is -3.47. The van der Waals surface area contributed by atoms with Crippen molar-refractivity contribution in [2.45, 2.75) is 0 Å². The summed E-state index contributed by atoms with van der Waals surface area (Å²) in [6.07, 6.45) is 6.65. The van der Waals surface area contributed by atoms with E-state index in [2.05, 4.69) is 15.6 Å². The molecule has 0 aliphatic carbocycles. The highest BCUT2D eigenvalue weighted by molar-refractivity contribution is 6.13. The molecule has 1 amide bonds. The zero-order valence-corrected chi connectivity index (χ0v) is 13.8. The van der Waals surface area contributed by atoms with Gasteiger partial charge in [0.1, 0.15) is 0 Å². The van der Waals surface area contributed by atoms with Gasteiger partial charge in [-0.3, -0.25) is 9.48 Å². The van der Waals surface area contributed by atoms with E-state index in [4.69, 9.17) is 0 Å². The molecule has 0 fully saturated rings. The lowest BCUT2D eigenvalue weighted by atomic mass is 10.0. The molecule has 0 saturated carbocycles. The molecule has 1 N–H and O–H groups in total. The van der Waals surface area contributed by atoms with Gasteiger partial charge in [0.15, 0.2) is 0 Å². The predicted molar refractivity (Wildman–Crippen MR) is 98.9 cm³/mol. The van der Waals surface area contributed by atoms with Crippen LogP contribution in [-0.4, -0.2) is 21.4 Å². The van der Waals surface area contributed by atoms with Crippen molar-refractivity contribution in [3.8, 4) is 0 Å². The number of amides is 1. The molecule has 0 unspecified atom stereocenters. The number of carbonyl (C=O) groups is 1. The maximum absolute atomic E-state index is 12.1. The average Bonchev–Trinajstić information content (AvgIpc) is 3.07. The number of nitrogens with one attached hydrogen (secondary N) is 1.